The van der Waals surface area contributed by atoms with Crippen molar-refractivity contribution in [2.75, 3.05) is 0 Å². The van der Waals surface area contributed by atoms with Gasteiger partial charge in [-0.1, -0.05) is 50.1 Å². The smallest absolute Gasteiger partial charge is 0.158 e. The van der Waals surface area contributed by atoms with E-state index in [4.69, 9.17) is 11.6 Å². The molecular weight excluding hydrogens is 258 g/mol. The van der Waals surface area contributed by atoms with Crippen LogP contribution in [0.25, 0.3) is 0 Å². The molecule has 2 atom stereocenters. The second-order valence-electron chi connectivity index (χ2n) is 5.92. The molecule has 1 fully saturated rings. The zero-order chi connectivity index (χ0) is 14.0. The van der Waals surface area contributed by atoms with E-state index in [0.717, 1.165) is 19.3 Å². The highest BCUT2D eigenvalue weighted by atomic mass is 35.5. The normalized spacial score (nSPS) is 22.7. The van der Waals surface area contributed by atoms with Gasteiger partial charge in [-0.2, -0.15) is 5.26 Å². The average Bonchev–Trinajstić information content (AvgIpc) is 2.72. The molecule has 1 aromatic rings. The Balaban J connectivity index is 2.32. The Morgan fingerprint density at radius 3 is 2.68 bits per heavy atom. The van der Waals surface area contributed by atoms with Crippen molar-refractivity contribution in [3.05, 3.63) is 34.9 Å². The van der Waals surface area contributed by atoms with Crippen molar-refractivity contribution in [3.8, 4) is 6.07 Å². The third-order valence-corrected chi connectivity index (χ3v) is 4.57. The lowest BCUT2D eigenvalue weighted by Gasteiger charge is -2.27. The minimum Gasteiger partial charge on any atom is -0.298 e. The number of halogens is 1. The number of carbonyl (C=O) groups excluding carboxylic acids is 1. The van der Waals surface area contributed by atoms with Crippen molar-refractivity contribution >= 4 is 17.4 Å². The van der Waals surface area contributed by atoms with E-state index in [1.54, 1.807) is 12.1 Å². The molecule has 0 amide bonds. The molecule has 2 nitrogen and oxygen atoms in total. The number of ketones is 1. The Hall–Kier alpha value is -1.33. The summed E-state index contributed by atoms with van der Waals surface area (Å²) in [5.74, 6) is -0.748. The molecule has 1 aromatic carbocycles. The van der Waals surface area contributed by atoms with Crippen molar-refractivity contribution in [1.29, 1.82) is 5.26 Å². The van der Waals surface area contributed by atoms with E-state index in [1.807, 2.05) is 12.1 Å². The predicted octanol–water partition coefficient (Wildman–Crippen LogP) is 4.34. The van der Waals surface area contributed by atoms with Gasteiger partial charge in [-0.15, -0.1) is 0 Å². The molecule has 100 valence electrons. The van der Waals surface area contributed by atoms with Gasteiger partial charge in [0, 0.05) is 10.9 Å². The van der Waals surface area contributed by atoms with Gasteiger partial charge in [0.15, 0.2) is 5.78 Å². The van der Waals surface area contributed by atoms with Crippen LogP contribution in [0, 0.1) is 22.7 Å². The van der Waals surface area contributed by atoms with E-state index in [2.05, 4.69) is 19.9 Å². The third kappa shape index (κ3) is 2.67. The molecule has 0 saturated heterocycles. The fraction of sp³-hybridized carbons (Fsp3) is 0.500. The highest BCUT2D eigenvalue weighted by Crippen LogP contribution is 2.45. The van der Waals surface area contributed by atoms with Crippen LogP contribution in [0.3, 0.4) is 0 Å². The maximum absolute atomic E-state index is 12.7. The predicted molar refractivity (Wildman–Crippen MR) is 75.9 cm³/mol. The molecule has 2 rings (SSSR count). The number of Topliss-reactive ketones (excluding diaryl/α,β-unsaturated/α-hetero) is 1. The second-order valence-corrected chi connectivity index (χ2v) is 6.33. The summed E-state index contributed by atoms with van der Waals surface area (Å²) in [4.78, 5) is 12.7. The highest BCUT2D eigenvalue weighted by molar-refractivity contribution is 6.31. The molecule has 1 aliphatic rings. The summed E-state index contributed by atoms with van der Waals surface area (Å²) in [5, 5.41) is 9.87. The second kappa shape index (κ2) is 5.35. The highest BCUT2D eigenvalue weighted by Gasteiger charge is 2.42. The van der Waals surface area contributed by atoms with Crippen LogP contribution in [0.2, 0.25) is 5.02 Å². The Kier molecular flexibility index (Phi) is 3.96. The van der Waals surface area contributed by atoms with Crippen LogP contribution in [0.15, 0.2) is 24.3 Å². The Bertz CT molecular complexity index is 530. The molecule has 0 bridgehead atoms. The number of rotatable bonds is 3. The standard InChI is InChI=1S/C16H18ClNO/c1-16(2)9-5-7-13(16)15(19)12(10-18)11-6-3-4-8-14(11)17/h3-4,6,8,12-13H,5,7,9H2,1-2H3. The van der Waals surface area contributed by atoms with Crippen LogP contribution in [0.1, 0.15) is 44.6 Å². The number of nitrogens with zero attached hydrogens (tertiary/aromatic N) is 1. The van der Waals surface area contributed by atoms with E-state index in [1.165, 1.54) is 0 Å². The lowest BCUT2D eigenvalue weighted by Crippen LogP contribution is -2.29. The monoisotopic (exact) mass is 275 g/mol. The third-order valence-electron chi connectivity index (χ3n) is 4.23. The summed E-state index contributed by atoms with van der Waals surface area (Å²) in [5.41, 5.74) is 0.632. The van der Waals surface area contributed by atoms with E-state index in [9.17, 15) is 10.1 Å². The van der Waals surface area contributed by atoms with Gasteiger partial charge in [0.1, 0.15) is 5.92 Å². The largest absolute Gasteiger partial charge is 0.298 e. The van der Waals surface area contributed by atoms with Crippen LogP contribution in [0.4, 0.5) is 0 Å². The van der Waals surface area contributed by atoms with E-state index in [0.29, 0.717) is 10.6 Å². The number of hydrogen-bond acceptors (Lipinski definition) is 2. The summed E-state index contributed by atoms with van der Waals surface area (Å²) in [7, 11) is 0. The SMILES string of the molecule is CC1(C)CCCC1C(=O)C(C#N)c1ccccc1Cl. The molecule has 0 heterocycles. The fourth-order valence-electron chi connectivity index (χ4n) is 3.05. The quantitative estimate of drug-likeness (QED) is 0.823. The number of carbonyl (C=O) groups is 1. The van der Waals surface area contributed by atoms with Crippen LogP contribution < -0.4 is 0 Å². The number of nitriles is 1. The Morgan fingerprint density at radius 2 is 2.16 bits per heavy atom. The summed E-state index contributed by atoms with van der Waals surface area (Å²) in [6.07, 6.45) is 2.99. The molecule has 3 heteroatoms. The van der Waals surface area contributed by atoms with Gasteiger partial charge in [0.05, 0.1) is 6.07 Å². The zero-order valence-electron chi connectivity index (χ0n) is 11.3. The van der Waals surface area contributed by atoms with E-state index >= 15 is 0 Å². The van der Waals surface area contributed by atoms with Gasteiger partial charge in [-0.3, -0.25) is 4.79 Å². The minimum atomic E-state index is -0.740. The molecular formula is C16H18ClNO. The average molecular weight is 276 g/mol. The lowest BCUT2D eigenvalue weighted by molar-refractivity contribution is -0.125. The van der Waals surface area contributed by atoms with Crippen molar-refractivity contribution in [2.45, 2.75) is 39.0 Å². The topological polar surface area (TPSA) is 40.9 Å². The van der Waals surface area contributed by atoms with Crippen molar-refractivity contribution in [2.24, 2.45) is 11.3 Å². The van der Waals surface area contributed by atoms with E-state index in [-0.39, 0.29) is 17.1 Å². The van der Waals surface area contributed by atoms with E-state index < -0.39 is 5.92 Å². The molecule has 0 spiro atoms. The van der Waals surface area contributed by atoms with Crippen molar-refractivity contribution in [3.63, 3.8) is 0 Å². The van der Waals surface area contributed by atoms with Gasteiger partial charge >= 0.3 is 0 Å². The van der Waals surface area contributed by atoms with Crippen molar-refractivity contribution in [1.82, 2.24) is 0 Å². The van der Waals surface area contributed by atoms with Gasteiger partial charge in [0.25, 0.3) is 0 Å². The Morgan fingerprint density at radius 1 is 1.47 bits per heavy atom. The first-order valence-electron chi connectivity index (χ1n) is 6.65. The first kappa shape index (κ1) is 14.1. The van der Waals surface area contributed by atoms with Crippen molar-refractivity contribution < 1.29 is 4.79 Å². The lowest BCUT2D eigenvalue weighted by atomic mass is 9.75. The van der Waals surface area contributed by atoms with Crippen LogP contribution in [0.5, 0.6) is 0 Å². The van der Waals surface area contributed by atoms with Gasteiger partial charge in [-0.05, 0) is 29.9 Å². The summed E-state index contributed by atoms with van der Waals surface area (Å²) in [6.45, 7) is 4.23. The molecule has 0 radical (unpaired) electrons. The van der Waals surface area contributed by atoms with Crippen LogP contribution in [-0.2, 0) is 4.79 Å². The molecule has 1 aliphatic carbocycles. The first-order chi connectivity index (χ1) is 8.97. The molecule has 2 unspecified atom stereocenters. The summed E-state index contributed by atoms with van der Waals surface area (Å²) >= 11 is 6.12. The maximum atomic E-state index is 12.7. The first-order valence-corrected chi connectivity index (χ1v) is 7.03. The van der Waals surface area contributed by atoms with Crippen LogP contribution in [-0.4, -0.2) is 5.78 Å². The van der Waals surface area contributed by atoms with Crippen LogP contribution >= 0.6 is 11.6 Å². The van der Waals surface area contributed by atoms with Gasteiger partial charge in [0.2, 0.25) is 0 Å². The number of benzene rings is 1. The fourth-order valence-corrected chi connectivity index (χ4v) is 3.30. The summed E-state index contributed by atoms with van der Waals surface area (Å²) in [6, 6.07) is 9.27. The maximum Gasteiger partial charge on any atom is 0.158 e. The summed E-state index contributed by atoms with van der Waals surface area (Å²) < 4.78 is 0. The minimum absolute atomic E-state index is 0.00651. The zero-order valence-corrected chi connectivity index (χ0v) is 12.1. The van der Waals surface area contributed by atoms with Gasteiger partial charge < -0.3 is 0 Å². The van der Waals surface area contributed by atoms with Gasteiger partial charge in [-0.25, -0.2) is 0 Å². The molecule has 19 heavy (non-hydrogen) atoms. The molecule has 0 aromatic heterocycles. The molecule has 0 aliphatic heterocycles. The molecule has 1 saturated carbocycles. The molecule has 0 N–H and O–H groups in total. The Labute approximate surface area is 119 Å². The number of hydrogen-bond donors (Lipinski definition) is 0.